The number of benzene rings is 1. The molecule has 0 bridgehead atoms. The molecule has 29 heavy (non-hydrogen) atoms. The summed E-state index contributed by atoms with van der Waals surface area (Å²) in [7, 11) is 0. The van der Waals surface area contributed by atoms with Gasteiger partial charge in [-0.2, -0.15) is 0 Å². The summed E-state index contributed by atoms with van der Waals surface area (Å²) in [5.41, 5.74) is 0.958. The summed E-state index contributed by atoms with van der Waals surface area (Å²) in [6.45, 7) is 3.60. The Morgan fingerprint density at radius 3 is 2.59 bits per heavy atom. The molecule has 2 aliphatic rings. The molecule has 0 saturated carbocycles. The number of aromatic nitrogens is 1. The van der Waals surface area contributed by atoms with Crippen LogP contribution in [0.4, 0.5) is 0 Å². The highest BCUT2D eigenvalue weighted by Crippen LogP contribution is 2.43. The molecule has 1 amide bonds. The third kappa shape index (κ3) is 4.14. The number of aliphatic hydroxyl groups excluding tert-OH is 1. The molecule has 1 aromatic carbocycles. The van der Waals surface area contributed by atoms with Crippen LogP contribution in [-0.2, 0) is 11.3 Å². The maximum Gasteiger partial charge on any atom is 0.254 e. The van der Waals surface area contributed by atoms with Gasteiger partial charge in [0.25, 0.3) is 11.5 Å². The van der Waals surface area contributed by atoms with Gasteiger partial charge in [-0.05, 0) is 31.4 Å². The Bertz CT molecular complexity index is 916. The van der Waals surface area contributed by atoms with Gasteiger partial charge in [0, 0.05) is 50.3 Å². The highest BCUT2D eigenvalue weighted by atomic mass is 16.5. The lowest BCUT2D eigenvalue weighted by atomic mass is 9.81. The van der Waals surface area contributed by atoms with Crippen molar-refractivity contribution in [3.8, 4) is 0 Å². The summed E-state index contributed by atoms with van der Waals surface area (Å²) >= 11 is 0. The monoisotopic (exact) mass is 396 g/mol. The number of ether oxygens (including phenoxy) is 1. The van der Waals surface area contributed by atoms with Crippen molar-refractivity contribution in [1.82, 2.24) is 9.47 Å². The molecular formula is C23H28N2O4. The Labute approximate surface area is 170 Å². The maximum atomic E-state index is 12.9. The van der Waals surface area contributed by atoms with E-state index in [9.17, 15) is 14.7 Å². The van der Waals surface area contributed by atoms with Crippen LogP contribution in [0.3, 0.4) is 0 Å². The lowest BCUT2D eigenvalue weighted by Gasteiger charge is -2.48. The van der Waals surface area contributed by atoms with E-state index < -0.39 is 11.7 Å². The molecule has 2 atom stereocenters. The fraction of sp³-hybridized carbons (Fsp3) is 0.478. The van der Waals surface area contributed by atoms with Crippen LogP contribution in [0.5, 0.6) is 0 Å². The summed E-state index contributed by atoms with van der Waals surface area (Å²) < 4.78 is 8.08. The van der Waals surface area contributed by atoms with Crippen molar-refractivity contribution in [2.24, 2.45) is 0 Å². The molecule has 1 aromatic heterocycles. The summed E-state index contributed by atoms with van der Waals surface area (Å²) in [4.78, 5) is 26.7. The number of amides is 1. The molecule has 4 rings (SSSR count). The third-order valence-corrected chi connectivity index (χ3v) is 6.20. The quantitative estimate of drug-likeness (QED) is 0.866. The van der Waals surface area contributed by atoms with Crippen molar-refractivity contribution in [2.45, 2.75) is 57.0 Å². The Morgan fingerprint density at radius 1 is 1.21 bits per heavy atom. The molecular weight excluding hydrogens is 368 g/mol. The number of pyridine rings is 1. The number of nitrogens with zero attached hydrogens (tertiary/aromatic N) is 2. The fourth-order valence-corrected chi connectivity index (χ4v) is 4.55. The first-order valence-electron chi connectivity index (χ1n) is 10.4. The van der Waals surface area contributed by atoms with Crippen LogP contribution in [0.15, 0.2) is 53.5 Å². The van der Waals surface area contributed by atoms with Gasteiger partial charge in [-0.3, -0.25) is 9.59 Å². The van der Waals surface area contributed by atoms with Gasteiger partial charge >= 0.3 is 0 Å². The molecule has 0 unspecified atom stereocenters. The minimum absolute atomic E-state index is 0.115. The lowest BCUT2D eigenvalue weighted by Crippen LogP contribution is -2.52. The average Bonchev–Trinajstić information content (AvgIpc) is 2.74. The van der Waals surface area contributed by atoms with E-state index in [2.05, 4.69) is 0 Å². The van der Waals surface area contributed by atoms with Gasteiger partial charge in [0.2, 0.25) is 0 Å². The van der Waals surface area contributed by atoms with Crippen molar-refractivity contribution in [1.29, 1.82) is 0 Å². The first-order chi connectivity index (χ1) is 14.0. The van der Waals surface area contributed by atoms with Gasteiger partial charge in [-0.15, -0.1) is 0 Å². The van der Waals surface area contributed by atoms with E-state index in [1.165, 1.54) is 6.07 Å². The highest BCUT2D eigenvalue weighted by molar-refractivity contribution is 5.94. The smallest absolute Gasteiger partial charge is 0.254 e. The van der Waals surface area contributed by atoms with Crippen molar-refractivity contribution in [3.05, 3.63) is 70.1 Å². The van der Waals surface area contributed by atoms with Crippen molar-refractivity contribution < 1.29 is 14.6 Å². The van der Waals surface area contributed by atoms with Crippen LogP contribution in [0.25, 0.3) is 0 Å². The minimum atomic E-state index is -0.405. The first-order valence-corrected chi connectivity index (χ1v) is 10.4. The molecule has 6 heteroatoms. The number of rotatable bonds is 3. The second-order valence-corrected chi connectivity index (χ2v) is 8.13. The van der Waals surface area contributed by atoms with Crippen LogP contribution in [-0.4, -0.2) is 45.3 Å². The topological polar surface area (TPSA) is 71.8 Å². The largest absolute Gasteiger partial charge is 0.393 e. The molecule has 3 heterocycles. The predicted octanol–water partition coefficient (Wildman–Crippen LogP) is 2.76. The predicted molar refractivity (Wildman–Crippen MR) is 110 cm³/mol. The van der Waals surface area contributed by atoms with Gasteiger partial charge < -0.3 is 19.3 Å². The van der Waals surface area contributed by atoms with E-state index in [0.717, 1.165) is 5.56 Å². The summed E-state index contributed by atoms with van der Waals surface area (Å²) in [5, 5.41) is 10.5. The first kappa shape index (κ1) is 19.9. The molecule has 0 radical (unpaired) electrons. The number of carbonyl (C=O) groups is 1. The van der Waals surface area contributed by atoms with Crippen LogP contribution in [0.2, 0.25) is 0 Å². The summed E-state index contributed by atoms with van der Waals surface area (Å²) in [6.07, 6.45) is 3.72. The number of hydrogen-bond donors (Lipinski definition) is 1. The lowest BCUT2D eigenvalue weighted by molar-refractivity contribution is -0.181. The zero-order chi connectivity index (χ0) is 20.4. The van der Waals surface area contributed by atoms with Crippen LogP contribution in [0, 0.1) is 0 Å². The van der Waals surface area contributed by atoms with Gasteiger partial charge in [0.1, 0.15) is 0 Å². The Hall–Kier alpha value is -2.44. The molecule has 6 nitrogen and oxygen atoms in total. The van der Waals surface area contributed by atoms with E-state index in [-0.39, 0.29) is 17.6 Å². The number of aryl methyl sites for hydroxylation is 1. The molecule has 2 aromatic rings. The second-order valence-electron chi connectivity index (χ2n) is 8.13. The van der Waals surface area contributed by atoms with Crippen molar-refractivity contribution >= 4 is 5.91 Å². The van der Waals surface area contributed by atoms with Crippen molar-refractivity contribution in [3.63, 3.8) is 0 Å². The fourth-order valence-electron chi connectivity index (χ4n) is 4.55. The normalized spacial score (nSPS) is 23.9. The number of carbonyl (C=O) groups excluding carboxylic acids is 1. The van der Waals surface area contributed by atoms with Gasteiger partial charge in [0.15, 0.2) is 0 Å². The standard InChI is InChI=1S/C23H28N2O4/c1-2-24-11-8-18(14-21(24)27)22(28)25-12-9-23(10-13-25)16-19(26)15-20(29-23)17-6-4-3-5-7-17/h3-8,11,14,19-20,26H,2,9-10,12-13,15-16H2,1H3/t19-,20-/m1/s1. The van der Waals surface area contributed by atoms with E-state index in [4.69, 9.17) is 4.74 Å². The number of likely N-dealkylation sites (tertiary alicyclic amines) is 1. The molecule has 0 aliphatic carbocycles. The van der Waals surface area contributed by atoms with Crippen LogP contribution < -0.4 is 5.56 Å². The van der Waals surface area contributed by atoms with Crippen LogP contribution >= 0.6 is 0 Å². The van der Waals surface area contributed by atoms with E-state index in [1.54, 1.807) is 21.7 Å². The zero-order valence-corrected chi connectivity index (χ0v) is 16.8. The van der Waals surface area contributed by atoms with Crippen molar-refractivity contribution in [2.75, 3.05) is 13.1 Å². The second kappa shape index (κ2) is 8.13. The maximum absolute atomic E-state index is 12.9. The number of hydrogen-bond acceptors (Lipinski definition) is 4. The Morgan fingerprint density at radius 2 is 1.93 bits per heavy atom. The SMILES string of the molecule is CCn1ccc(C(=O)N2CCC3(CC2)C[C@H](O)C[C@H](c2ccccc2)O3)cc1=O. The van der Waals surface area contributed by atoms with Crippen LogP contribution in [0.1, 0.15) is 54.6 Å². The number of aliphatic hydroxyl groups is 1. The van der Waals surface area contributed by atoms with E-state index in [1.807, 2.05) is 37.3 Å². The molecule has 1 N–H and O–H groups in total. The highest BCUT2D eigenvalue weighted by Gasteiger charge is 2.44. The molecule has 2 fully saturated rings. The third-order valence-electron chi connectivity index (χ3n) is 6.20. The van der Waals surface area contributed by atoms with E-state index >= 15 is 0 Å². The Balaban J connectivity index is 1.44. The molecule has 2 aliphatic heterocycles. The zero-order valence-electron chi connectivity index (χ0n) is 16.8. The summed E-state index contributed by atoms with van der Waals surface area (Å²) in [6, 6.07) is 13.1. The summed E-state index contributed by atoms with van der Waals surface area (Å²) in [5.74, 6) is -0.115. The van der Waals surface area contributed by atoms with E-state index in [0.29, 0.717) is 50.9 Å². The van der Waals surface area contributed by atoms with Gasteiger partial charge in [0.05, 0.1) is 17.8 Å². The average molecular weight is 396 g/mol. The molecule has 1 spiro atoms. The van der Waals surface area contributed by atoms with Gasteiger partial charge in [-0.25, -0.2) is 0 Å². The minimum Gasteiger partial charge on any atom is -0.393 e. The number of piperidine rings is 1. The molecule has 2 saturated heterocycles. The Kier molecular flexibility index (Phi) is 5.56. The molecule has 154 valence electrons. The van der Waals surface area contributed by atoms with Gasteiger partial charge in [-0.1, -0.05) is 30.3 Å².